The van der Waals surface area contributed by atoms with Crippen LogP contribution in [0.2, 0.25) is 5.02 Å². The Bertz CT molecular complexity index is 479. The topological polar surface area (TPSA) is 49.4 Å². The normalized spacial score (nSPS) is 16.0. The monoisotopic (exact) mass is 294 g/mol. The Balaban J connectivity index is 1.82. The van der Waals surface area contributed by atoms with Gasteiger partial charge in [-0.25, -0.2) is 0 Å². The van der Waals surface area contributed by atoms with E-state index in [0.29, 0.717) is 16.6 Å². The van der Waals surface area contributed by atoms with E-state index in [0.717, 1.165) is 25.9 Å². The number of carbonyl (C=O) groups excluding carboxylic acids is 2. The molecule has 0 aliphatic carbocycles. The Hall–Kier alpha value is -1.55. The molecule has 2 amide bonds. The summed E-state index contributed by atoms with van der Waals surface area (Å²) in [7, 11) is 0. The van der Waals surface area contributed by atoms with Crippen LogP contribution in [0.25, 0.3) is 0 Å². The van der Waals surface area contributed by atoms with Crippen molar-refractivity contribution < 1.29 is 9.59 Å². The fourth-order valence-electron chi connectivity index (χ4n) is 2.25. The van der Waals surface area contributed by atoms with Gasteiger partial charge < -0.3 is 10.2 Å². The molecule has 1 aromatic rings. The van der Waals surface area contributed by atoms with Crippen LogP contribution in [0.5, 0.6) is 0 Å². The van der Waals surface area contributed by atoms with Crippen LogP contribution in [-0.2, 0) is 9.59 Å². The van der Waals surface area contributed by atoms with Crippen LogP contribution in [0.4, 0.5) is 5.69 Å². The number of nitrogens with one attached hydrogen (secondary N) is 1. The second-order valence-corrected chi connectivity index (χ2v) is 5.73. The fraction of sp³-hybridized carbons (Fsp3) is 0.467. The van der Waals surface area contributed by atoms with Gasteiger partial charge >= 0.3 is 0 Å². The molecule has 0 aromatic heterocycles. The van der Waals surface area contributed by atoms with Crippen LogP contribution in [0.3, 0.4) is 0 Å². The third-order valence-electron chi connectivity index (χ3n) is 3.58. The lowest BCUT2D eigenvalue weighted by molar-refractivity contribution is -0.135. The Kier molecular flexibility index (Phi) is 5.01. The van der Waals surface area contributed by atoms with Crippen LogP contribution < -0.4 is 5.32 Å². The van der Waals surface area contributed by atoms with Gasteiger partial charge in [0.1, 0.15) is 6.42 Å². The summed E-state index contributed by atoms with van der Waals surface area (Å²) in [5.74, 6) is 0.293. The third-order valence-corrected chi connectivity index (χ3v) is 3.83. The maximum atomic E-state index is 12.0. The van der Waals surface area contributed by atoms with Gasteiger partial charge in [-0.15, -0.1) is 0 Å². The summed E-state index contributed by atoms with van der Waals surface area (Å²) in [6.45, 7) is 3.71. The number of anilines is 1. The molecule has 1 aliphatic rings. The number of hydrogen-bond acceptors (Lipinski definition) is 2. The van der Waals surface area contributed by atoms with Gasteiger partial charge in [-0.3, -0.25) is 9.59 Å². The molecule has 0 radical (unpaired) electrons. The number of rotatable bonds is 3. The lowest BCUT2D eigenvalue weighted by Crippen LogP contribution is -2.39. The summed E-state index contributed by atoms with van der Waals surface area (Å²) in [5.41, 5.74) is 0.652. The number of piperidine rings is 1. The molecule has 5 heteroatoms. The summed E-state index contributed by atoms with van der Waals surface area (Å²) >= 11 is 5.77. The molecule has 2 rings (SSSR count). The van der Waals surface area contributed by atoms with Crippen molar-refractivity contribution in [1.29, 1.82) is 0 Å². The molecule has 0 atom stereocenters. The number of hydrogen-bond donors (Lipinski definition) is 1. The minimum absolute atomic E-state index is 0.0941. The Labute approximate surface area is 124 Å². The van der Waals surface area contributed by atoms with Crippen molar-refractivity contribution in [2.45, 2.75) is 26.2 Å². The van der Waals surface area contributed by atoms with Crippen LogP contribution >= 0.6 is 11.6 Å². The van der Waals surface area contributed by atoms with Gasteiger partial charge in [-0.05, 0) is 43.0 Å². The molecule has 4 nitrogen and oxygen atoms in total. The smallest absolute Gasteiger partial charge is 0.233 e. The van der Waals surface area contributed by atoms with Gasteiger partial charge in [0, 0.05) is 23.8 Å². The average molecular weight is 295 g/mol. The van der Waals surface area contributed by atoms with E-state index in [9.17, 15) is 9.59 Å². The van der Waals surface area contributed by atoms with Crippen molar-refractivity contribution in [2.24, 2.45) is 5.92 Å². The maximum Gasteiger partial charge on any atom is 0.233 e. The number of likely N-dealkylation sites (tertiary alicyclic amines) is 1. The summed E-state index contributed by atoms with van der Waals surface area (Å²) < 4.78 is 0. The van der Waals surface area contributed by atoms with Crippen LogP contribution in [0.15, 0.2) is 24.3 Å². The average Bonchev–Trinajstić information content (AvgIpc) is 2.42. The van der Waals surface area contributed by atoms with E-state index >= 15 is 0 Å². The Morgan fingerprint density at radius 2 is 1.85 bits per heavy atom. The molecular formula is C15H19ClN2O2. The van der Waals surface area contributed by atoms with Gasteiger partial charge in [0.15, 0.2) is 0 Å². The molecule has 1 aliphatic heterocycles. The van der Waals surface area contributed by atoms with E-state index in [1.807, 2.05) is 0 Å². The van der Waals surface area contributed by atoms with E-state index < -0.39 is 0 Å². The number of carbonyl (C=O) groups is 2. The van der Waals surface area contributed by atoms with Gasteiger partial charge in [-0.2, -0.15) is 0 Å². The van der Waals surface area contributed by atoms with Crippen molar-refractivity contribution in [3.05, 3.63) is 29.3 Å². The predicted octanol–water partition coefficient (Wildman–Crippen LogP) is 2.93. The number of nitrogens with zero attached hydrogens (tertiary/aromatic N) is 1. The van der Waals surface area contributed by atoms with Crippen LogP contribution in [0.1, 0.15) is 26.2 Å². The van der Waals surface area contributed by atoms with E-state index in [-0.39, 0.29) is 18.2 Å². The number of benzene rings is 1. The Morgan fingerprint density at radius 1 is 1.25 bits per heavy atom. The van der Waals surface area contributed by atoms with Crippen LogP contribution in [-0.4, -0.2) is 29.8 Å². The molecule has 0 unspecified atom stereocenters. The molecule has 1 saturated heterocycles. The first kappa shape index (κ1) is 14.9. The zero-order chi connectivity index (χ0) is 14.5. The largest absolute Gasteiger partial charge is 0.342 e. The molecule has 108 valence electrons. The van der Waals surface area contributed by atoms with Crippen molar-refractivity contribution in [2.75, 3.05) is 18.4 Å². The maximum absolute atomic E-state index is 12.0. The summed E-state index contributed by atoms with van der Waals surface area (Å²) in [6, 6.07) is 6.83. The molecular weight excluding hydrogens is 276 g/mol. The van der Waals surface area contributed by atoms with E-state index in [2.05, 4.69) is 12.2 Å². The molecule has 20 heavy (non-hydrogen) atoms. The molecule has 1 aromatic carbocycles. The van der Waals surface area contributed by atoms with Crippen molar-refractivity contribution >= 4 is 29.1 Å². The quantitative estimate of drug-likeness (QED) is 0.872. The SMILES string of the molecule is CC1CCN(C(=O)CC(=O)Nc2ccc(Cl)cc2)CC1. The summed E-state index contributed by atoms with van der Waals surface area (Å²) in [4.78, 5) is 25.6. The van der Waals surface area contributed by atoms with E-state index in [1.165, 1.54) is 0 Å². The van der Waals surface area contributed by atoms with Gasteiger partial charge in [-0.1, -0.05) is 18.5 Å². The second kappa shape index (κ2) is 6.75. The highest BCUT2D eigenvalue weighted by atomic mass is 35.5. The van der Waals surface area contributed by atoms with E-state index in [1.54, 1.807) is 29.2 Å². The van der Waals surface area contributed by atoms with Gasteiger partial charge in [0.2, 0.25) is 11.8 Å². The van der Waals surface area contributed by atoms with Crippen molar-refractivity contribution in [3.8, 4) is 0 Å². The highest BCUT2D eigenvalue weighted by Crippen LogP contribution is 2.17. The standard InChI is InChI=1S/C15H19ClN2O2/c1-11-6-8-18(9-7-11)15(20)10-14(19)17-13-4-2-12(16)3-5-13/h2-5,11H,6-10H2,1H3,(H,17,19). The molecule has 1 heterocycles. The molecule has 1 fully saturated rings. The summed E-state index contributed by atoms with van der Waals surface area (Å²) in [5, 5.41) is 3.32. The van der Waals surface area contributed by atoms with Crippen LogP contribution in [0, 0.1) is 5.92 Å². The lowest BCUT2D eigenvalue weighted by atomic mass is 9.99. The molecule has 0 spiro atoms. The number of amides is 2. The minimum Gasteiger partial charge on any atom is -0.342 e. The highest BCUT2D eigenvalue weighted by molar-refractivity contribution is 6.30. The minimum atomic E-state index is -0.282. The van der Waals surface area contributed by atoms with Gasteiger partial charge in [0.05, 0.1) is 0 Å². The summed E-state index contributed by atoms with van der Waals surface area (Å²) in [6.07, 6.45) is 1.94. The van der Waals surface area contributed by atoms with Gasteiger partial charge in [0.25, 0.3) is 0 Å². The van der Waals surface area contributed by atoms with Crippen molar-refractivity contribution in [3.63, 3.8) is 0 Å². The first-order valence-electron chi connectivity index (χ1n) is 6.88. The van der Waals surface area contributed by atoms with E-state index in [4.69, 9.17) is 11.6 Å². The fourth-order valence-corrected chi connectivity index (χ4v) is 2.37. The molecule has 1 N–H and O–H groups in total. The third kappa shape index (κ3) is 4.23. The molecule has 0 bridgehead atoms. The number of halogens is 1. The first-order chi connectivity index (χ1) is 9.54. The molecule has 0 saturated carbocycles. The predicted molar refractivity (Wildman–Crippen MR) is 79.7 cm³/mol. The highest BCUT2D eigenvalue weighted by Gasteiger charge is 2.22. The zero-order valence-electron chi connectivity index (χ0n) is 11.6. The first-order valence-corrected chi connectivity index (χ1v) is 7.25. The lowest BCUT2D eigenvalue weighted by Gasteiger charge is -2.30. The Morgan fingerprint density at radius 3 is 2.45 bits per heavy atom. The zero-order valence-corrected chi connectivity index (χ0v) is 12.3. The van der Waals surface area contributed by atoms with Crippen molar-refractivity contribution in [1.82, 2.24) is 4.90 Å². The second-order valence-electron chi connectivity index (χ2n) is 5.30.